The van der Waals surface area contributed by atoms with Gasteiger partial charge in [-0.3, -0.25) is 10.2 Å². The van der Waals surface area contributed by atoms with Crippen LogP contribution in [0.25, 0.3) is 0 Å². The van der Waals surface area contributed by atoms with E-state index in [0.717, 1.165) is 0 Å². The van der Waals surface area contributed by atoms with Crippen molar-refractivity contribution in [2.75, 3.05) is 0 Å². The number of benzene rings is 1. The van der Waals surface area contributed by atoms with Crippen LogP contribution >= 0.6 is 0 Å². The molecular formula is C8H9FN2O. The van der Waals surface area contributed by atoms with Crippen molar-refractivity contribution in [3.63, 3.8) is 0 Å². The number of hydrogen-bond acceptors (Lipinski definition) is 2. The summed E-state index contributed by atoms with van der Waals surface area (Å²) < 4.78 is 12.9. The lowest BCUT2D eigenvalue weighted by Gasteiger charge is -2.03. The van der Waals surface area contributed by atoms with Gasteiger partial charge in [0.25, 0.3) is 5.91 Å². The molecule has 0 saturated heterocycles. The van der Waals surface area contributed by atoms with E-state index < -0.39 is 11.7 Å². The van der Waals surface area contributed by atoms with Crippen LogP contribution in [0, 0.1) is 12.7 Å². The third kappa shape index (κ3) is 1.43. The molecule has 4 heteroatoms. The zero-order valence-corrected chi connectivity index (χ0v) is 6.60. The highest BCUT2D eigenvalue weighted by molar-refractivity contribution is 5.95. The van der Waals surface area contributed by atoms with Crippen molar-refractivity contribution >= 4 is 5.91 Å². The summed E-state index contributed by atoms with van der Waals surface area (Å²) in [7, 11) is 0. The topological polar surface area (TPSA) is 55.1 Å². The zero-order valence-electron chi connectivity index (χ0n) is 6.60. The standard InChI is InChI=1S/C8H9FN2O/c1-5-6(8(12)11-10)3-2-4-7(5)9/h2-4H,10H2,1H3,(H,11,12). The lowest BCUT2D eigenvalue weighted by molar-refractivity contribution is 0.0952. The second kappa shape index (κ2) is 3.32. The van der Waals surface area contributed by atoms with E-state index in [1.54, 1.807) is 0 Å². The summed E-state index contributed by atoms with van der Waals surface area (Å²) in [5, 5.41) is 0. The fraction of sp³-hybridized carbons (Fsp3) is 0.125. The first-order valence-electron chi connectivity index (χ1n) is 3.43. The summed E-state index contributed by atoms with van der Waals surface area (Å²) in [5.41, 5.74) is 2.51. The number of halogens is 1. The number of amides is 1. The Bertz CT molecular complexity index is 312. The van der Waals surface area contributed by atoms with Crippen LogP contribution in [-0.4, -0.2) is 5.91 Å². The molecule has 1 rings (SSSR count). The molecule has 0 aliphatic heterocycles. The minimum absolute atomic E-state index is 0.262. The van der Waals surface area contributed by atoms with Gasteiger partial charge in [0.05, 0.1) is 0 Å². The monoisotopic (exact) mass is 168 g/mol. The number of hydrazine groups is 1. The van der Waals surface area contributed by atoms with E-state index >= 15 is 0 Å². The Balaban J connectivity index is 3.16. The number of carbonyl (C=O) groups is 1. The second-order valence-corrected chi connectivity index (χ2v) is 2.39. The first kappa shape index (κ1) is 8.67. The van der Waals surface area contributed by atoms with Gasteiger partial charge in [0, 0.05) is 5.56 Å². The molecule has 0 unspecified atom stereocenters. The number of carbonyl (C=O) groups excluding carboxylic acids is 1. The lowest BCUT2D eigenvalue weighted by Crippen LogP contribution is -2.30. The Labute approximate surface area is 69.3 Å². The summed E-state index contributed by atoms with van der Waals surface area (Å²) >= 11 is 0. The zero-order chi connectivity index (χ0) is 9.14. The van der Waals surface area contributed by atoms with Gasteiger partial charge in [0.15, 0.2) is 0 Å². The van der Waals surface area contributed by atoms with Gasteiger partial charge in [-0.25, -0.2) is 10.2 Å². The van der Waals surface area contributed by atoms with Gasteiger partial charge in [0.2, 0.25) is 0 Å². The quantitative estimate of drug-likeness (QED) is 0.369. The molecule has 12 heavy (non-hydrogen) atoms. The molecular weight excluding hydrogens is 159 g/mol. The predicted octanol–water partition coefficient (Wildman–Crippen LogP) is 0.738. The Hall–Kier alpha value is -1.42. The average Bonchev–Trinajstić information content (AvgIpc) is 2.08. The molecule has 3 N–H and O–H groups in total. The van der Waals surface area contributed by atoms with Crippen LogP contribution in [0.3, 0.4) is 0 Å². The Morgan fingerprint density at radius 1 is 1.58 bits per heavy atom. The molecule has 0 aromatic heterocycles. The van der Waals surface area contributed by atoms with Crippen molar-refractivity contribution in [3.8, 4) is 0 Å². The molecule has 0 atom stereocenters. The van der Waals surface area contributed by atoms with E-state index in [-0.39, 0.29) is 5.56 Å². The number of nitrogen functional groups attached to an aromatic ring is 1. The van der Waals surface area contributed by atoms with Gasteiger partial charge in [-0.05, 0) is 24.6 Å². The Morgan fingerprint density at radius 2 is 2.25 bits per heavy atom. The van der Waals surface area contributed by atoms with Crippen LogP contribution in [0.5, 0.6) is 0 Å². The van der Waals surface area contributed by atoms with Crippen molar-refractivity contribution in [2.24, 2.45) is 5.84 Å². The van der Waals surface area contributed by atoms with Crippen molar-refractivity contribution in [2.45, 2.75) is 6.92 Å². The van der Waals surface area contributed by atoms with E-state index in [0.29, 0.717) is 5.56 Å². The van der Waals surface area contributed by atoms with Gasteiger partial charge in [0.1, 0.15) is 5.82 Å². The highest BCUT2D eigenvalue weighted by Gasteiger charge is 2.09. The minimum atomic E-state index is -0.480. The third-order valence-corrected chi connectivity index (χ3v) is 1.64. The van der Waals surface area contributed by atoms with Crippen LogP contribution in [0.1, 0.15) is 15.9 Å². The van der Waals surface area contributed by atoms with Crippen molar-refractivity contribution in [1.29, 1.82) is 0 Å². The van der Waals surface area contributed by atoms with Gasteiger partial charge < -0.3 is 0 Å². The third-order valence-electron chi connectivity index (χ3n) is 1.64. The molecule has 3 nitrogen and oxygen atoms in total. The van der Waals surface area contributed by atoms with Crippen LogP contribution < -0.4 is 11.3 Å². The van der Waals surface area contributed by atoms with Gasteiger partial charge in [-0.1, -0.05) is 6.07 Å². The molecule has 0 spiro atoms. The van der Waals surface area contributed by atoms with Crippen LogP contribution in [-0.2, 0) is 0 Å². The molecule has 0 saturated carbocycles. The number of nitrogens with two attached hydrogens (primary N) is 1. The van der Waals surface area contributed by atoms with Gasteiger partial charge in [-0.2, -0.15) is 0 Å². The molecule has 1 amide bonds. The molecule has 1 aromatic rings. The fourth-order valence-electron chi connectivity index (χ4n) is 0.931. The molecule has 0 fully saturated rings. The van der Waals surface area contributed by atoms with Crippen molar-refractivity contribution in [3.05, 3.63) is 35.1 Å². The number of hydrogen-bond donors (Lipinski definition) is 2. The van der Waals surface area contributed by atoms with E-state index in [4.69, 9.17) is 5.84 Å². The molecule has 0 bridgehead atoms. The van der Waals surface area contributed by atoms with Crippen LogP contribution in [0.15, 0.2) is 18.2 Å². The van der Waals surface area contributed by atoms with Gasteiger partial charge in [-0.15, -0.1) is 0 Å². The lowest BCUT2D eigenvalue weighted by atomic mass is 10.1. The summed E-state index contributed by atoms with van der Waals surface area (Å²) in [6.07, 6.45) is 0. The fourth-order valence-corrected chi connectivity index (χ4v) is 0.931. The first-order valence-corrected chi connectivity index (χ1v) is 3.43. The second-order valence-electron chi connectivity index (χ2n) is 2.39. The van der Waals surface area contributed by atoms with E-state index in [9.17, 15) is 9.18 Å². The van der Waals surface area contributed by atoms with E-state index in [2.05, 4.69) is 0 Å². The SMILES string of the molecule is Cc1c(F)cccc1C(=O)NN. The van der Waals surface area contributed by atoms with Crippen LogP contribution in [0.4, 0.5) is 4.39 Å². The Morgan fingerprint density at radius 3 is 2.83 bits per heavy atom. The number of rotatable bonds is 1. The van der Waals surface area contributed by atoms with Crippen molar-refractivity contribution < 1.29 is 9.18 Å². The average molecular weight is 168 g/mol. The maximum absolute atomic E-state index is 12.9. The summed E-state index contributed by atoms with van der Waals surface area (Å²) in [6, 6.07) is 4.27. The first-order chi connectivity index (χ1) is 5.66. The summed E-state index contributed by atoms with van der Waals surface area (Å²) in [4.78, 5) is 11.0. The normalized spacial score (nSPS) is 9.58. The molecule has 64 valence electrons. The van der Waals surface area contributed by atoms with E-state index in [1.807, 2.05) is 5.43 Å². The highest BCUT2D eigenvalue weighted by atomic mass is 19.1. The summed E-state index contributed by atoms with van der Waals surface area (Å²) in [6.45, 7) is 1.53. The molecule has 0 heterocycles. The molecule has 0 aliphatic carbocycles. The van der Waals surface area contributed by atoms with Crippen LogP contribution in [0.2, 0.25) is 0 Å². The minimum Gasteiger partial charge on any atom is -0.290 e. The Kier molecular flexibility index (Phi) is 2.40. The molecule has 0 aliphatic rings. The largest absolute Gasteiger partial charge is 0.290 e. The number of nitrogens with one attached hydrogen (secondary N) is 1. The van der Waals surface area contributed by atoms with Gasteiger partial charge >= 0.3 is 0 Å². The molecule has 1 aromatic carbocycles. The van der Waals surface area contributed by atoms with E-state index in [1.165, 1.54) is 25.1 Å². The predicted molar refractivity (Wildman–Crippen MR) is 42.8 cm³/mol. The highest BCUT2D eigenvalue weighted by Crippen LogP contribution is 2.11. The maximum atomic E-state index is 12.9. The summed E-state index contributed by atoms with van der Waals surface area (Å²) in [5.74, 6) is 4.02. The smallest absolute Gasteiger partial charge is 0.265 e. The maximum Gasteiger partial charge on any atom is 0.265 e. The van der Waals surface area contributed by atoms with Crippen molar-refractivity contribution in [1.82, 2.24) is 5.43 Å². The molecule has 0 radical (unpaired) electrons.